The summed E-state index contributed by atoms with van der Waals surface area (Å²) in [6, 6.07) is 9.06. The molecular weight excluding hydrogens is 196 g/mol. The van der Waals surface area contributed by atoms with Gasteiger partial charge in [0.05, 0.1) is 11.5 Å². The second kappa shape index (κ2) is 3.52. The fourth-order valence-electron chi connectivity index (χ4n) is 2.43. The van der Waals surface area contributed by atoms with Crippen LogP contribution < -0.4 is 5.32 Å². The van der Waals surface area contributed by atoms with Gasteiger partial charge < -0.3 is 5.32 Å². The van der Waals surface area contributed by atoms with Gasteiger partial charge in [-0.25, -0.2) is 0 Å². The second-order valence-corrected chi connectivity index (χ2v) is 5.08. The molecule has 0 saturated heterocycles. The molecule has 0 amide bonds. The van der Waals surface area contributed by atoms with Gasteiger partial charge in [-0.15, -0.1) is 0 Å². The molecule has 2 aliphatic carbocycles. The smallest absolute Gasteiger partial charge is 0.0747 e. The lowest BCUT2D eigenvalue weighted by Gasteiger charge is -2.10. The highest BCUT2D eigenvalue weighted by molar-refractivity contribution is 5.50. The molecule has 0 spiro atoms. The lowest BCUT2D eigenvalue weighted by atomic mass is 10.1. The van der Waals surface area contributed by atoms with Crippen LogP contribution in [0.1, 0.15) is 30.4 Å². The van der Waals surface area contributed by atoms with Gasteiger partial charge in [-0.05, 0) is 55.4 Å². The zero-order valence-corrected chi connectivity index (χ0v) is 9.42. The van der Waals surface area contributed by atoms with Crippen LogP contribution in [0.4, 0.5) is 5.69 Å². The van der Waals surface area contributed by atoms with Gasteiger partial charge in [0.1, 0.15) is 0 Å². The number of hydrogen-bond donors (Lipinski definition) is 1. The van der Waals surface area contributed by atoms with Crippen LogP contribution in [0.2, 0.25) is 0 Å². The van der Waals surface area contributed by atoms with E-state index in [4.69, 9.17) is 5.26 Å². The van der Waals surface area contributed by atoms with E-state index in [0.717, 1.165) is 19.4 Å². The van der Waals surface area contributed by atoms with Crippen molar-refractivity contribution < 1.29 is 0 Å². The standard InChI is InChI=1S/C14H16N2/c15-9-14(6-7-14)10-16-13-5-4-11-2-1-3-12(11)8-13/h4-5,8,16H,1-3,6-7,10H2. The zero-order chi connectivity index (χ0) is 11.0. The van der Waals surface area contributed by atoms with Gasteiger partial charge in [-0.2, -0.15) is 5.26 Å². The van der Waals surface area contributed by atoms with E-state index in [1.54, 1.807) is 0 Å². The molecule has 0 unspecified atom stereocenters. The monoisotopic (exact) mass is 212 g/mol. The molecule has 0 bridgehead atoms. The van der Waals surface area contributed by atoms with Crippen LogP contribution in [0.5, 0.6) is 0 Å². The number of fused-ring (bicyclic) bond motifs is 1. The molecule has 82 valence electrons. The van der Waals surface area contributed by atoms with Crippen LogP contribution in [-0.4, -0.2) is 6.54 Å². The van der Waals surface area contributed by atoms with Gasteiger partial charge in [-0.3, -0.25) is 0 Å². The molecule has 0 aromatic heterocycles. The first-order valence-corrected chi connectivity index (χ1v) is 6.08. The zero-order valence-electron chi connectivity index (χ0n) is 9.42. The molecule has 16 heavy (non-hydrogen) atoms. The van der Waals surface area contributed by atoms with E-state index in [0.29, 0.717) is 0 Å². The molecule has 0 heterocycles. The number of benzene rings is 1. The first kappa shape index (κ1) is 9.72. The molecule has 2 heteroatoms. The van der Waals surface area contributed by atoms with Gasteiger partial charge in [0.2, 0.25) is 0 Å². The Morgan fingerprint density at radius 1 is 1.25 bits per heavy atom. The summed E-state index contributed by atoms with van der Waals surface area (Å²) in [7, 11) is 0. The van der Waals surface area contributed by atoms with E-state index < -0.39 is 0 Å². The predicted molar refractivity (Wildman–Crippen MR) is 64.2 cm³/mol. The lowest BCUT2D eigenvalue weighted by molar-refractivity contribution is 0.711. The van der Waals surface area contributed by atoms with E-state index in [1.165, 1.54) is 36.1 Å². The molecular formula is C14H16N2. The quantitative estimate of drug-likeness (QED) is 0.836. The van der Waals surface area contributed by atoms with E-state index in [2.05, 4.69) is 29.6 Å². The summed E-state index contributed by atoms with van der Waals surface area (Å²) >= 11 is 0. The third-order valence-electron chi connectivity index (χ3n) is 3.82. The highest BCUT2D eigenvalue weighted by atomic mass is 14.9. The molecule has 1 saturated carbocycles. The number of rotatable bonds is 3. The first-order valence-electron chi connectivity index (χ1n) is 6.08. The largest absolute Gasteiger partial charge is 0.383 e. The van der Waals surface area contributed by atoms with Crippen molar-refractivity contribution in [1.82, 2.24) is 0 Å². The Hall–Kier alpha value is -1.49. The summed E-state index contributed by atoms with van der Waals surface area (Å²) in [4.78, 5) is 0. The first-order chi connectivity index (χ1) is 7.81. The molecule has 0 atom stereocenters. The van der Waals surface area contributed by atoms with Crippen LogP contribution in [0.25, 0.3) is 0 Å². The van der Waals surface area contributed by atoms with Crippen LogP contribution in [-0.2, 0) is 12.8 Å². The third-order valence-corrected chi connectivity index (χ3v) is 3.82. The van der Waals surface area contributed by atoms with Crippen LogP contribution in [0.15, 0.2) is 18.2 Å². The number of nitriles is 1. The van der Waals surface area contributed by atoms with Crippen molar-refractivity contribution in [3.05, 3.63) is 29.3 Å². The van der Waals surface area contributed by atoms with Crippen molar-refractivity contribution in [3.8, 4) is 6.07 Å². The Kier molecular flexibility index (Phi) is 2.14. The van der Waals surface area contributed by atoms with Gasteiger partial charge in [-0.1, -0.05) is 6.07 Å². The van der Waals surface area contributed by atoms with Crippen molar-refractivity contribution in [2.24, 2.45) is 5.41 Å². The topological polar surface area (TPSA) is 35.8 Å². The normalized spacial score (nSPS) is 19.9. The molecule has 2 aliphatic rings. The van der Waals surface area contributed by atoms with Crippen molar-refractivity contribution >= 4 is 5.69 Å². The maximum Gasteiger partial charge on any atom is 0.0747 e. The summed E-state index contributed by atoms with van der Waals surface area (Å²) in [6.45, 7) is 0.808. The van der Waals surface area contributed by atoms with Gasteiger partial charge in [0.25, 0.3) is 0 Å². The average Bonchev–Trinajstić information content (AvgIpc) is 2.96. The van der Waals surface area contributed by atoms with Crippen LogP contribution in [0.3, 0.4) is 0 Å². The van der Waals surface area contributed by atoms with E-state index in [1.807, 2.05) is 0 Å². The fourth-order valence-corrected chi connectivity index (χ4v) is 2.43. The van der Waals surface area contributed by atoms with E-state index in [9.17, 15) is 0 Å². The minimum atomic E-state index is -0.0565. The van der Waals surface area contributed by atoms with Crippen molar-refractivity contribution in [1.29, 1.82) is 5.26 Å². The Morgan fingerprint density at radius 2 is 2.06 bits per heavy atom. The minimum absolute atomic E-state index is 0.0565. The summed E-state index contributed by atoms with van der Waals surface area (Å²) < 4.78 is 0. The Bertz CT molecular complexity index is 452. The van der Waals surface area contributed by atoms with Gasteiger partial charge in [0, 0.05) is 12.2 Å². The van der Waals surface area contributed by atoms with Gasteiger partial charge >= 0.3 is 0 Å². The second-order valence-electron chi connectivity index (χ2n) is 5.08. The highest BCUT2D eigenvalue weighted by Crippen LogP contribution is 2.44. The van der Waals surface area contributed by atoms with E-state index >= 15 is 0 Å². The lowest BCUT2D eigenvalue weighted by Crippen LogP contribution is -2.13. The molecule has 1 fully saturated rings. The predicted octanol–water partition coefficient (Wildman–Crippen LogP) is 2.89. The van der Waals surface area contributed by atoms with Crippen LogP contribution >= 0.6 is 0 Å². The SMILES string of the molecule is N#CC1(CNc2ccc3c(c2)CCC3)CC1. The average molecular weight is 212 g/mol. The maximum absolute atomic E-state index is 9.00. The number of nitrogens with one attached hydrogen (secondary N) is 1. The number of nitrogens with zero attached hydrogens (tertiary/aromatic N) is 1. The summed E-state index contributed by atoms with van der Waals surface area (Å²) in [6.07, 6.45) is 5.86. The molecule has 3 rings (SSSR count). The third kappa shape index (κ3) is 1.67. The molecule has 0 radical (unpaired) electrons. The van der Waals surface area contributed by atoms with Crippen molar-refractivity contribution in [3.63, 3.8) is 0 Å². The number of anilines is 1. The van der Waals surface area contributed by atoms with E-state index in [-0.39, 0.29) is 5.41 Å². The summed E-state index contributed by atoms with van der Waals surface area (Å²) in [5.41, 5.74) is 4.12. The fraction of sp³-hybridized carbons (Fsp3) is 0.500. The number of hydrogen-bond acceptors (Lipinski definition) is 2. The van der Waals surface area contributed by atoms with Gasteiger partial charge in [0.15, 0.2) is 0 Å². The number of aryl methyl sites for hydroxylation is 2. The Labute approximate surface area is 96.3 Å². The van der Waals surface area contributed by atoms with Crippen molar-refractivity contribution in [2.75, 3.05) is 11.9 Å². The molecule has 1 N–H and O–H groups in total. The Morgan fingerprint density at radius 3 is 2.81 bits per heavy atom. The molecule has 2 nitrogen and oxygen atoms in total. The van der Waals surface area contributed by atoms with Crippen LogP contribution in [0, 0.1) is 16.7 Å². The van der Waals surface area contributed by atoms with Crippen molar-refractivity contribution in [2.45, 2.75) is 32.1 Å². The summed E-state index contributed by atoms with van der Waals surface area (Å²) in [5, 5.41) is 12.4. The Balaban J connectivity index is 1.69. The molecule has 1 aromatic carbocycles. The highest BCUT2D eigenvalue weighted by Gasteiger charge is 2.42. The maximum atomic E-state index is 9.00. The minimum Gasteiger partial charge on any atom is -0.383 e. The summed E-state index contributed by atoms with van der Waals surface area (Å²) in [5.74, 6) is 0. The molecule has 0 aliphatic heterocycles. The molecule has 1 aromatic rings.